The first-order valence-corrected chi connectivity index (χ1v) is 8.93. The third-order valence-corrected chi connectivity index (χ3v) is 5.47. The summed E-state index contributed by atoms with van der Waals surface area (Å²) in [7, 11) is 0. The first-order chi connectivity index (χ1) is 9.67. The second-order valence-corrected chi connectivity index (χ2v) is 7.17. The topological polar surface area (TPSA) is 46.6 Å². The Hall–Kier alpha value is -1.30. The number of hydrogen-bond acceptors (Lipinski definition) is 3. The molecule has 1 aromatic carbocycles. The number of nitrogens with zero attached hydrogens (tertiary/aromatic N) is 1. The Kier molecular flexibility index (Phi) is 8.03. The zero-order valence-electron chi connectivity index (χ0n) is 12.1. The predicted octanol–water partition coefficient (Wildman–Crippen LogP) is 1.51. The van der Waals surface area contributed by atoms with E-state index in [0.717, 1.165) is 19.4 Å². The molecule has 108 valence electrons. The van der Waals surface area contributed by atoms with Gasteiger partial charge in [-0.25, -0.2) is 0 Å². The molecule has 1 amide bonds. The van der Waals surface area contributed by atoms with Crippen LogP contribution in [0.5, 0.6) is 0 Å². The van der Waals surface area contributed by atoms with Crippen LogP contribution in [0.1, 0.15) is 33.1 Å². The van der Waals surface area contributed by atoms with E-state index in [1.54, 1.807) is 6.92 Å². The van der Waals surface area contributed by atoms with Gasteiger partial charge in [0.15, 0.2) is 0 Å². The average molecular weight is 336 g/mol. The molecule has 0 unspecified atom stereocenters. The number of amides is 1. The fourth-order valence-corrected chi connectivity index (χ4v) is 4.02. The van der Waals surface area contributed by atoms with Crippen molar-refractivity contribution in [1.29, 1.82) is 0 Å². The molecule has 20 heavy (non-hydrogen) atoms. The van der Waals surface area contributed by atoms with Crippen LogP contribution in [0.15, 0.2) is 30.3 Å². The Bertz CT molecular complexity index is 422. The molecule has 5 heteroatoms. The van der Waals surface area contributed by atoms with Gasteiger partial charge in [-0.05, 0) is 0 Å². The molecule has 0 aliphatic heterocycles. The molecule has 0 spiro atoms. The Labute approximate surface area is 127 Å². The summed E-state index contributed by atoms with van der Waals surface area (Å²) < 4.78 is 7.90. The monoisotopic (exact) mass is 337 g/mol. The minimum absolute atomic E-state index is 0.110. The van der Waals surface area contributed by atoms with Gasteiger partial charge in [0.1, 0.15) is 0 Å². The SMILES string of the molecule is CCCC[N]([Ge][c]1ccccc1)C(=O)CC(=O)OCC. The molecule has 0 N–H and O–H groups in total. The molecule has 2 radical (unpaired) electrons. The Morgan fingerprint density at radius 3 is 2.50 bits per heavy atom. The number of unbranched alkanes of at least 4 members (excludes halogenated alkanes) is 1. The van der Waals surface area contributed by atoms with Crippen LogP contribution in [-0.4, -0.2) is 44.5 Å². The van der Waals surface area contributed by atoms with E-state index in [1.807, 2.05) is 34.2 Å². The summed E-state index contributed by atoms with van der Waals surface area (Å²) in [6.07, 6.45) is 1.85. The molecule has 0 fully saturated rings. The van der Waals surface area contributed by atoms with Crippen molar-refractivity contribution >= 4 is 31.9 Å². The van der Waals surface area contributed by atoms with Crippen LogP contribution in [0.3, 0.4) is 0 Å². The number of ether oxygens (including phenoxy) is 1. The third kappa shape index (κ3) is 6.23. The van der Waals surface area contributed by atoms with E-state index in [1.165, 1.54) is 4.40 Å². The quantitative estimate of drug-likeness (QED) is 0.411. The van der Waals surface area contributed by atoms with Gasteiger partial charge in [-0.15, -0.1) is 0 Å². The van der Waals surface area contributed by atoms with Crippen molar-refractivity contribution in [2.75, 3.05) is 13.2 Å². The number of hydrogen-bond donors (Lipinski definition) is 0. The Morgan fingerprint density at radius 1 is 1.20 bits per heavy atom. The number of carbonyl (C=O) groups is 2. The van der Waals surface area contributed by atoms with Crippen LogP contribution < -0.4 is 4.40 Å². The molecule has 0 saturated heterocycles. The predicted molar refractivity (Wildman–Crippen MR) is 79.7 cm³/mol. The van der Waals surface area contributed by atoms with E-state index in [4.69, 9.17) is 4.74 Å². The van der Waals surface area contributed by atoms with Crippen molar-refractivity contribution in [3.8, 4) is 0 Å². The number of esters is 1. The molecule has 0 saturated carbocycles. The zero-order valence-corrected chi connectivity index (χ0v) is 14.2. The van der Waals surface area contributed by atoms with Crippen molar-refractivity contribution < 1.29 is 14.3 Å². The summed E-state index contributed by atoms with van der Waals surface area (Å²) in [4.78, 5) is 23.6. The van der Waals surface area contributed by atoms with E-state index in [9.17, 15) is 9.59 Å². The molecule has 1 aromatic rings. The Morgan fingerprint density at radius 2 is 1.90 bits per heavy atom. The second-order valence-electron chi connectivity index (χ2n) is 4.36. The van der Waals surface area contributed by atoms with Crippen LogP contribution in [0.2, 0.25) is 0 Å². The average Bonchev–Trinajstić information content (AvgIpc) is 2.44. The summed E-state index contributed by atoms with van der Waals surface area (Å²) >= 11 is -0.707. The number of rotatable bonds is 8. The maximum atomic E-state index is 12.2. The van der Waals surface area contributed by atoms with Gasteiger partial charge in [-0.1, -0.05) is 0 Å². The summed E-state index contributed by atoms with van der Waals surface area (Å²) in [5, 5.41) is 0. The van der Waals surface area contributed by atoms with Crippen LogP contribution in [0, 0.1) is 0 Å². The van der Waals surface area contributed by atoms with E-state index >= 15 is 0 Å². The standard InChI is InChI=1S/C15H21GeNO3/c1-3-5-11-17(14(18)12-15(19)20-4-2)16-13-9-7-6-8-10-13/h6-10H,3-5,11-12H2,1-2H3. The van der Waals surface area contributed by atoms with Gasteiger partial charge in [0.2, 0.25) is 0 Å². The molecule has 4 nitrogen and oxygen atoms in total. The van der Waals surface area contributed by atoms with Gasteiger partial charge in [0, 0.05) is 0 Å². The molecule has 0 aromatic heterocycles. The van der Waals surface area contributed by atoms with Crippen molar-refractivity contribution in [2.45, 2.75) is 33.1 Å². The van der Waals surface area contributed by atoms with Crippen LogP contribution in [0.4, 0.5) is 0 Å². The van der Waals surface area contributed by atoms with Gasteiger partial charge in [0.25, 0.3) is 0 Å². The summed E-state index contributed by atoms with van der Waals surface area (Å²) in [5.74, 6) is -0.542. The molecular formula is C15H21GeNO3. The first kappa shape index (κ1) is 16.8. The van der Waals surface area contributed by atoms with E-state index in [-0.39, 0.29) is 12.3 Å². The first-order valence-electron chi connectivity index (χ1n) is 6.95. The minimum atomic E-state index is -0.707. The third-order valence-electron chi connectivity index (χ3n) is 2.68. The fraction of sp³-hybridized carbons (Fsp3) is 0.467. The summed E-state index contributed by atoms with van der Waals surface area (Å²) in [6.45, 7) is 4.88. The molecule has 0 aliphatic rings. The van der Waals surface area contributed by atoms with Crippen molar-refractivity contribution in [1.82, 2.24) is 3.86 Å². The molecule has 0 heterocycles. The number of benzene rings is 1. The molecular weight excluding hydrogens is 315 g/mol. The van der Waals surface area contributed by atoms with E-state index in [0.29, 0.717) is 6.61 Å². The van der Waals surface area contributed by atoms with Crippen LogP contribution in [-0.2, 0) is 14.3 Å². The van der Waals surface area contributed by atoms with E-state index in [2.05, 4.69) is 6.92 Å². The van der Waals surface area contributed by atoms with Gasteiger partial charge < -0.3 is 0 Å². The normalized spacial score (nSPS) is 10.1. The van der Waals surface area contributed by atoms with Gasteiger partial charge in [-0.3, -0.25) is 0 Å². The van der Waals surface area contributed by atoms with Crippen LogP contribution >= 0.6 is 0 Å². The van der Waals surface area contributed by atoms with E-state index < -0.39 is 21.6 Å². The molecule has 1 rings (SSSR count). The summed E-state index contributed by atoms with van der Waals surface area (Å²) in [5.41, 5.74) is 0. The van der Waals surface area contributed by atoms with Crippen molar-refractivity contribution in [2.24, 2.45) is 0 Å². The zero-order chi connectivity index (χ0) is 14.8. The molecule has 0 atom stereocenters. The van der Waals surface area contributed by atoms with Gasteiger partial charge >= 0.3 is 127 Å². The van der Waals surface area contributed by atoms with Crippen molar-refractivity contribution in [3.05, 3.63) is 30.3 Å². The second kappa shape index (κ2) is 9.58. The van der Waals surface area contributed by atoms with Gasteiger partial charge in [0.05, 0.1) is 0 Å². The van der Waals surface area contributed by atoms with Crippen LogP contribution in [0.25, 0.3) is 0 Å². The van der Waals surface area contributed by atoms with Crippen molar-refractivity contribution in [3.63, 3.8) is 0 Å². The summed E-state index contributed by atoms with van der Waals surface area (Å²) in [6, 6.07) is 10.00. The molecule has 0 bridgehead atoms. The molecule has 0 aliphatic carbocycles. The number of carbonyl (C=O) groups excluding carboxylic acids is 2. The maximum absolute atomic E-state index is 12.2. The fourth-order valence-electron chi connectivity index (χ4n) is 1.66. The Balaban J connectivity index is 2.63. The van der Waals surface area contributed by atoms with Gasteiger partial charge in [-0.2, -0.15) is 0 Å².